The number of benzene rings is 2. The van der Waals surface area contributed by atoms with E-state index < -0.39 is 27.7 Å². The lowest BCUT2D eigenvalue weighted by Crippen LogP contribution is -2.18. The molecule has 2 heterocycles. The van der Waals surface area contributed by atoms with Crippen LogP contribution in [0.5, 0.6) is 0 Å². The predicted octanol–water partition coefficient (Wildman–Crippen LogP) is 4.07. The third-order valence-corrected chi connectivity index (χ3v) is 6.40. The second kappa shape index (κ2) is 9.06. The lowest BCUT2D eigenvalue weighted by Gasteiger charge is -2.19. The highest BCUT2D eigenvalue weighted by molar-refractivity contribution is 7.92. The molecule has 2 aromatic heterocycles. The van der Waals surface area contributed by atoms with E-state index in [4.69, 9.17) is 23.1 Å². The van der Waals surface area contributed by atoms with Crippen molar-refractivity contribution < 1.29 is 17.2 Å². The van der Waals surface area contributed by atoms with E-state index in [-0.39, 0.29) is 17.3 Å². The first-order chi connectivity index (χ1) is 16.3. The van der Waals surface area contributed by atoms with Crippen LogP contribution in [0.4, 0.5) is 20.3 Å². The number of nitrogens with two attached hydrogens (primary N) is 2. The van der Waals surface area contributed by atoms with Crippen LogP contribution in [0.3, 0.4) is 0 Å². The monoisotopic (exact) mass is 520 g/mol. The standard InChI is InChI=1S/C23H23ClF2N6O2S/c1-11-18(27)10-16(21(29-11)19(28)8-12-6-13(25)9-14(26)7-12)15-4-5-17(24)20-22(15)32(2)30-23(20)31-35(3,33)34/h4-7,9-10,19H,8,27-28H2,1-3H3,(H,30,31). The molecular formula is C23H23ClF2N6O2S. The summed E-state index contributed by atoms with van der Waals surface area (Å²) in [5.41, 5.74) is 16.1. The number of anilines is 2. The van der Waals surface area contributed by atoms with Gasteiger partial charge in [-0.05, 0) is 43.2 Å². The Bertz CT molecular complexity index is 1550. The lowest BCUT2D eigenvalue weighted by atomic mass is 9.94. The lowest BCUT2D eigenvalue weighted by molar-refractivity contribution is 0.575. The summed E-state index contributed by atoms with van der Waals surface area (Å²) in [4.78, 5) is 4.60. The van der Waals surface area contributed by atoms with Gasteiger partial charge in [0.25, 0.3) is 0 Å². The Balaban J connectivity index is 1.91. The number of hydrogen-bond donors (Lipinski definition) is 3. The number of aryl methyl sites for hydroxylation is 2. The molecule has 8 nitrogen and oxygen atoms in total. The molecule has 0 saturated heterocycles. The minimum Gasteiger partial charge on any atom is -0.397 e. The van der Waals surface area contributed by atoms with E-state index in [1.807, 2.05) is 0 Å². The Morgan fingerprint density at radius 2 is 1.80 bits per heavy atom. The van der Waals surface area contributed by atoms with Gasteiger partial charge in [-0.2, -0.15) is 5.10 Å². The fraction of sp³-hybridized carbons (Fsp3) is 0.217. The van der Waals surface area contributed by atoms with E-state index in [1.54, 1.807) is 32.2 Å². The van der Waals surface area contributed by atoms with Crippen LogP contribution < -0.4 is 16.2 Å². The van der Waals surface area contributed by atoms with Gasteiger partial charge in [0.05, 0.1) is 45.3 Å². The van der Waals surface area contributed by atoms with Crippen LogP contribution in [0.2, 0.25) is 5.02 Å². The minimum atomic E-state index is -3.62. The van der Waals surface area contributed by atoms with Crippen molar-refractivity contribution in [2.45, 2.75) is 19.4 Å². The number of nitrogens with one attached hydrogen (secondary N) is 1. The molecule has 12 heteroatoms. The van der Waals surface area contributed by atoms with Gasteiger partial charge in [-0.1, -0.05) is 17.7 Å². The molecule has 4 rings (SSSR count). The highest BCUT2D eigenvalue weighted by Gasteiger charge is 2.23. The summed E-state index contributed by atoms with van der Waals surface area (Å²) < 4.78 is 55.1. The zero-order valence-electron chi connectivity index (χ0n) is 19.1. The molecule has 0 fully saturated rings. The quantitative estimate of drug-likeness (QED) is 0.351. The number of hydrogen-bond acceptors (Lipinski definition) is 6. The summed E-state index contributed by atoms with van der Waals surface area (Å²) >= 11 is 6.44. The zero-order valence-corrected chi connectivity index (χ0v) is 20.7. The highest BCUT2D eigenvalue weighted by Crippen LogP contribution is 2.40. The Hall–Kier alpha value is -3.28. The molecule has 1 unspecified atom stereocenters. The van der Waals surface area contributed by atoms with Gasteiger partial charge in [-0.15, -0.1) is 0 Å². The molecule has 2 aromatic carbocycles. The number of nitrogen functional groups attached to an aromatic ring is 1. The summed E-state index contributed by atoms with van der Waals surface area (Å²) in [7, 11) is -1.97. The molecule has 0 radical (unpaired) electrons. The fourth-order valence-electron chi connectivity index (χ4n) is 4.06. The maximum absolute atomic E-state index is 13.7. The number of fused-ring (bicyclic) bond motifs is 1. The summed E-state index contributed by atoms with van der Waals surface area (Å²) in [5.74, 6) is -1.32. The predicted molar refractivity (Wildman–Crippen MR) is 134 cm³/mol. The summed E-state index contributed by atoms with van der Waals surface area (Å²) in [6.45, 7) is 1.73. The minimum absolute atomic E-state index is 0.0750. The number of nitrogens with zero attached hydrogens (tertiary/aromatic N) is 3. The molecule has 0 spiro atoms. The van der Waals surface area contributed by atoms with Gasteiger partial charge in [0.15, 0.2) is 5.82 Å². The maximum Gasteiger partial charge on any atom is 0.231 e. The summed E-state index contributed by atoms with van der Waals surface area (Å²) in [5, 5.41) is 4.98. The van der Waals surface area contributed by atoms with E-state index >= 15 is 0 Å². The van der Waals surface area contributed by atoms with Crippen LogP contribution in [0.25, 0.3) is 22.0 Å². The molecule has 0 aliphatic heterocycles. The van der Waals surface area contributed by atoms with Crippen LogP contribution in [0.15, 0.2) is 36.4 Å². The normalized spacial score (nSPS) is 12.8. The number of rotatable bonds is 6. The first-order valence-corrected chi connectivity index (χ1v) is 12.7. The molecule has 0 bridgehead atoms. The van der Waals surface area contributed by atoms with Crippen molar-refractivity contribution in [3.05, 3.63) is 70.0 Å². The van der Waals surface area contributed by atoms with Crippen molar-refractivity contribution in [1.29, 1.82) is 0 Å². The SMILES string of the molecule is Cc1nc(C(N)Cc2cc(F)cc(F)c2)c(-c2ccc(Cl)c3c(NS(C)(=O)=O)nn(C)c23)cc1N. The molecule has 1 atom stereocenters. The smallest absolute Gasteiger partial charge is 0.231 e. The van der Waals surface area contributed by atoms with E-state index in [9.17, 15) is 17.2 Å². The Morgan fingerprint density at radius 1 is 1.14 bits per heavy atom. The van der Waals surface area contributed by atoms with Gasteiger partial charge in [-0.3, -0.25) is 14.4 Å². The van der Waals surface area contributed by atoms with Crippen LogP contribution in [0.1, 0.15) is 23.0 Å². The summed E-state index contributed by atoms with van der Waals surface area (Å²) in [6.07, 6.45) is 1.13. The van der Waals surface area contributed by atoms with Crippen LogP contribution >= 0.6 is 11.6 Å². The maximum atomic E-state index is 13.7. The van der Waals surface area contributed by atoms with Crippen molar-refractivity contribution in [2.75, 3.05) is 16.7 Å². The molecule has 0 saturated carbocycles. The molecule has 35 heavy (non-hydrogen) atoms. The second-order valence-corrected chi connectivity index (χ2v) is 10.5. The number of aromatic nitrogens is 3. The first kappa shape index (κ1) is 24.8. The Labute approximate surface area is 206 Å². The average Bonchev–Trinajstić information content (AvgIpc) is 3.04. The average molecular weight is 521 g/mol. The zero-order chi connectivity index (χ0) is 25.7. The molecule has 0 amide bonds. The van der Waals surface area contributed by atoms with Crippen LogP contribution in [0, 0.1) is 18.6 Å². The fourth-order valence-corrected chi connectivity index (χ4v) is 4.80. The number of pyridine rings is 1. The molecule has 5 N–H and O–H groups in total. The number of halogens is 3. The van der Waals surface area contributed by atoms with Gasteiger partial charge >= 0.3 is 0 Å². The Morgan fingerprint density at radius 3 is 2.43 bits per heavy atom. The molecular weight excluding hydrogens is 498 g/mol. The molecule has 0 aliphatic carbocycles. The first-order valence-electron chi connectivity index (χ1n) is 10.4. The van der Waals surface area contributed by atoms with Gasteiger partial charge in [-0.25, -0.2) is 17.2 Å². The van der Waals surface area contributed by atoms with Gasteiger partial charge in [0.1, 0.15) is 11.6 Å². The van der Waals surface area contributed by atoms with Crippen molar-refractivity contribution >= 4 is 44.0 Å². The largest absolute Gasteiger partial charge is 0.397 e. The van der Waals surface area contributed by atoms with E-state index in [1.165, 1.54) is 16.8 Å². The van der Waals surface area contributed by atoms with Crippen molar-refractivity contribution in [3.63, 3.8) is 0 Å². The third-order valence-electron chi connectivity index (χ3n) is 5.52. The van der Waals surface area contributed by atoms with Crippen molar-refractivity contribution in [3.8, 4) is 11.1 Å². The van der Waals surface area contributed by atoms with Gasteiger partial charge < -0.3 is 11.5 Å². The molecule has 184 valence electrons. The van der Waals surface area contributed by atoms with E-state index in [0.29, 0.717) is 44.7 Å². The van der Waals surface area contributed by atoms with E-state index in [2.05, 4.69) is 14.8 Å². The summed E-state index contributed by atoms with van der Waals surface area (Å²) in [6, 6.07) is 7.55. The topological polar surface area (TPSA) is 129 Å². The van der Waals surface area contributed by atoms with Crippen LogP contribution in [-0.2, 0) is 23.5 Å². The third kappa shape index (κ3) is 5.07. The second-order valence-electron chi connectivity index (χ2n) is 8.35. The van der Waals surface area contributed by atoms with Crippen molar-refractivity contribution in [1.82, 2.24) is 14.8 Å². The Kier molecular flexibility index (Phi) is 6.43. The van der Waals surface area contributed by atoms with Gasteiger partial charge in [0, 0.05) is 24.2 Å². The number of sulfonamides is 1. The van der Waals surface area contributed by atoms with Crippen molar-refractivity contribution in [2.24, 2.45) is 12.8 Å². The van der Waals surface area contributed by atoms with E-state index in [0.717, 1.165) is 12.3 Å². The molecule has 4 aromatic rings. The molecule has 0 aliphatic rings. The van der Waals surface area contributed by atoms with Gasteiger partial charge in [0.2, 0.25) is 10.0 Å². The van der Waals surface area contributed by atoms with Crippen LogP contribution in [-0.4, -0.2) is 29.4 Å². The highest BCUT2D eigenvalue weighted by atomic mass is 35.5.